The average molecular weight is 230 g/mol. The summed E-state index contributed by atoms with van der Waals surface area (Å²) >= 11 is 0. The van der Waals surface area contributed by atoms with Gasteiger partial charge in [0.2, 0.25) is 5.82 Å². The highest BCUT2D eigenvalue weighted by Gasteiger charge is 2.12. The van der Waals surface area contributed by atoms with Gasteiger partial charge in [-0.2, -0.15) is 4.80 Å². The van der Waals surface area contributed by atoms with Gasteiger partial charge in [0.05, 0.1) is 6.04 Å². The Labute approximate surface area is 99.5 Å². The van der Waals surface area contributed by atoms with Crippen molar-refractivity contribution in [3.05, 3.63) is 30.3 Å². The molecule has 0 saturated heterocycles. The summed E-state index contributed by atoms with van der Waals surface area (Å²) in [6.45, 7) is 3.46. The van der Waals surface area contributed by atoms with Crippen molar-refractivity contribution in [2.75, 3.05) is 0 Å². The summed E-state index contributed by atoms with van der Waals surface area (Å²) in [5, 5.41) is 12.2. The Balaban J connectivity index is 2.19. The molecule has 5 nitrogen and oxygen atoms in total. The van der Waals surface area contributed by atoms with Crippen LogP contribution in [0.2, 0.25) is 0 Å². The first-order valence-corrected chi connectivity index (χ1v) is 5.51. The standard InChI is InChI=1S/C12H14N4O/c1-9(8-10(2)17)16-14-12(13-15-16)11-6-4-3-5-7-11/h3-7,9H,8H2,1-2H3. The van der Waals surface area contributed by atoms with E-state index in [4.69, 9.17) is 0 Å². The topological polar surface area (TPSA) is 60.7 Å². The third kappa shape index (κ3) is 2.75. The second kappa shape index (κ2) is 4.86. The highest BCUT2D eigenvalue weighted by Crippen LogP contribution is 2.14. The number of hydrogen-bond donors (Lipinski definition) is 0. The number of carbonyl (C=O) groups excluding carboxylic acids is 1. The van der Waals surface area contributed by atoms with Crippen LogP contribution in [0.15, 0.2) is 30.3 Å². The van der Waals surface area contributed by atoms with Crippen molar-refractivity contribution in [2.45, 2.75) is 26.3 Å². The monoisotopic (exact) mass is 230 g/mol. The number of ketones is 1. The highest BCUT2D eigenvalue weighted by molar-refractivity contribution is 5.75. The van der Waals surface area contributed by atoms with E-state index in [1.54, 1.807) is 6.92 Å². The van der Waals surface area contributed by atoms with Crippen molar-refractivity contribution in [3.63, 3.8) is 0 Å². The van der Waals surface area contributed by atoms with Crippen LogP contribution in [-0.2, 0) is 4.79 Å². The lowest BCUT2D eigenvalue weighted by Crippen LogP contribution is -2.12. The largest absolute Gasteiger partial charge is 0.300 e. The number of hydrogen-bond acceptors (Lipinski definition) is 4. The van der Waals surface area contributed by atoms with Gasteiger partial charge in [0.1, 0.15) is 5.78 Å². The lowest BCUT2D eigenvalue weighted by atomic mass is 10.2. The molecule has 1 aromatic carbocycles. The number of nitrogens with zero attached hydrogens (tertiary/aromatic N) is 4. The second-order valence-electron chi connectivity index (χ2n) is 4.05. The smallest absolute Gasteiger partial charge is 0.204 e. The molecule has 0 N–H and O–H groups in total. The summed E-state index contributed by atoms with van der Waals surface area (Å²) < 4.78 is 0. The second-order valence-corrected chi connectivity index (χ2v) is 4.05. The first-order chi connectivity index (χ1) is 8.16. The molecular weight excluding hydrogens is 216 g/mol. The number of rotatable bonds is 4. The Morgan fingerprint density at radius 3 is 2.71 bits per heavy atom. The summed E-state index contributed by atoms with van der Waals surface area (Å²) in [4.78, 5) is 12.5. The molecule has 1 atom stereocenters. The van der Waals surface area contributed by atoms with Gasteiger partial charge in [-0.25, -0.2) is 0 Å². The number of Topliss-reactive ketones (excluding diaryl/α,β-unsaturated/α-hetero) is 1. The van der Waals surface area contributed by atoms with Gasteiger partial charge in [-0.15, -0.1) is 10.2 Å². The SMILES string of the molecule is CC(=O)CC(C)n1nnc(-c2ccccc2)n1. The van der Waals surface area contributed by atoms with E-state index in [0.717, 1.165) is 5.56 Å². The Bertz CT molecular complexity index is 506. The molecule has 0 fully saturated rings. The van der Waals surface area contributed by atoms with Crippen LogP contribution in [0.4, 0.5) is 0 Å². The van der Waals surface area contributed by atoms with Crippen LogP contribution in [-0.4, -0.2) is 26.0 Å². The van der Waals surface area contributed by atoms with Gasteiger partial charge in [-0.1, -0.05) is 30.3 Å². The van der Waals surface area contributed by atoms with Crippen molar-refractivity contribution in [1.29, 1.82) is 0 Å². The molecule has 1 heterocycles. The van der Waals surface area contributed by atoms with E-state index in [1.165, 1.54) is 4.80 Å². The molecule has 2 aromatic rings. The fraction of sp³-hybridized carbons (Fsp3) is 0.333. The minimum absolute atomic E-state index is 0.0579. The highest BCUT2D eigenvalue weighted by atomic mass is 16.1. The molecule has 2 rings (SSSR count). The molecule has 0 aliphatic carbocycles. The van der Waals surface area contributed by atoms with E-state index in [-0.39, 0.29) is 11.8 Å². The maximum Gasteiger partial charge on any atom is 0.204 e. The van der Waals surface area contributed by atoms with Gasteiger partial charge in [0.25, 0.3) is 0 Å². The summed E-state index contributed by atoms with van der Waals surface area (Å²) in [5.41, 5.74) is 0.925. The third-order valence-electron chi connectivity index (χ3n) is 2.44. The average Bonchev–Trinajstić information content (AvgIpc) is 2.78. The van der Waals surface area contributed by atoms with E-state index < -0.39 is 0 Å². The Hall–Kier alpha value is -2.04. The van der Waals surface area contributed by atoms with E-state index in [1.807, 2.05) is 37.3 Å². The maximum absolute atomic E-state index is 11.0. The first kappa shape index (κ1) is 11.4. The van der Waals surface area contributed by atoms with E-state index >= 15 is 0 Å². The van der Waals surface area contributed by atoms with Crippen LogP contribution in [0.1, 0.15) is 26.3 Å². The van der Waals surface area contributed by atoms with Crippen molar-refractivity contribution in [2.24, 2.45) is 0 Å². The molecule has 5 heteroatoms. The zero-order chi connectivity index (χ0) is 12.3. The molecular formula is C12H14N4O. The minimum Gasteiger partial charge on any atom is -0.300 e. The molecule has 0 aliphatic heterocycles. The fourth-order valence-electron chi connectivity index (χ4n) is 1.61. The molecule has 0 saturated carbocycles. The quantitative estimate of drug-likeness (QED) is 0.804. The molecule has 0 bridgehead atoms. The van der Waals surface area contributed by atoms with Crippen LogP contribution in [0.5, 0.6) is 0 Å². The Morgan fingerprint density at radius 1 is 1.35 bits per heavy atom. The molecule has 1 unspecified atom stereocenters. The lowest BCUT2D eigenvalue weighted by molar-refractivity contribution is -0.117. The van der Waals surface area contributed by atoms with Gasteiger partial charge in [-0.3, -0.25) is 4.79 Å². The summed E-state index contributed by atoms with van der Waals surface area (Å²) in [7, 11) is 0. The lowest BCUT2D eigenvalue weighted by Gasteiger charge is -2.05. The number of aromatic nitrogens is 4. The molecule has 88 valence electrons. The zero-order valence-corrected chi connectivity index (χ0v) is 9.87. The molecule has 0 aliphatic rings. The minimum atomic E-state index is -0.0579. The summed E-state index contributed by atoms with van der Waals surface area (Å²) in [6, 6.07) is 9.59. The third-order valence-corrected chi connectivity index (χ3v) is 2.44. The summed E-state index contributed by atoms with van der Waals surface area (Å²) in [5.74, 6) is 0.706. The molecule has 1 aromatic heterocycles. The van der Waals surface area contributed by atoms with Crippen molar-refractivity contribution in [3.8, 4) is 11.4 Å². The van der Waals surface area contributed by atoms with Gasteiger partial charge >= 0.3 is 0 Å². The van der Waals surface area contributed by atoms with Crippen LogP contribution < -0.4 is 0 Å². The summed E-state index contributed by atoms with van der Waals surface area (Å²) in [6.07, 6.45) is 0.421. The molecule has 0 spiro atoms. The van der Waals surface area contributed by atoms with Gasteiger partial charge in [0.15, 0.2) is 0 Å². The van der Waals surface area contributed by atoms with E-state index in [0.29, 0.717) is 12.2 Å². The van der Waals surface area contributed by atoms with E-state index in [2.05, 4.69) is 15.4 Å². The maximum atomic E-state index is 11.0. The van der Waals surface area contributed by atoms with Crippen molar-refractivity contribution >= 4 is 5.78 Å². The van der Waals surface area contributed by atoms with Crippen LogP contribution >= 0.6 is 0 Å². The van der Waals surface area contributed by atoms with Crippen LogP contribution in [0.25, 0.3) is 11.4 Å². The molecule has 0 radical (unpaired) electrons. The predicted octanol–water partition coefficient (Wildman–Crippen LogP) is 1.88. The number of carbonyl (C=O) groups is 1. The van der Waals surface area contributed by atoms with E-state index in [9.17, 15) is 4.79 Å². The molecule has 0 amide bonds. The number of benzene rings is 1. The first-order valence-electron chi connectivity index (χ1n) is 5.51. The Morgan fingerprint density at radius 2 is 2.06 bits per heavy atom. The fourth-order valence-corrected chi connectivity index (χ4v) is 1.61. The predicted molar refractivity (Wildman–Crippen MR) is 63.3 cm³/mol. The van der Waals surface area contributed by atoms with Gasteiger partial charge < -0.3 is 0 Å². The van der Waals surface area contributed by atoms with Gasteiger partial charge in [0, 0.05) is 12.0 Å². The zero-order valence-electron chi connectivity index (χ0n) is 9.87. The van der Waals surface area contributed by atoms with Gasteiger partial charge in [-0.05, 0) is 19.1 Å². The van der Waals surface area contributed by atoms with Crippen molar-refractivity contribution < 1.29 is 4.79 Å². The van der Waals surface area contributed by atoms with Crippen molar-refractivity contribution in [1.82, 2.24) is 20.2 Å². The van der Waals surface area contributed by atoms with Crippen LogP contribution in [0, 0.1) is 0 Å². The Kier molecular flexibility index (Phi) is 3.27. The van der Waals surface area contributed by atoms with Crippen LogP contribution in [0.3, 0.4) is 0 Å². The number of tetrazole rings is 1. The molecule has 17 heavy (non-hydrogen) atoms. The normalized spacial score (nSPS) is 12.4.